The van der Waals surface area contributed by atoms with Crippen LogP contribution in [0.5, 0.6) is 0 Å². The molecule has 0 aliphatic carbocycles. The van der Waals surface area contributed by atoms with Gasteiger partial charge in [0.25, 0.3) is 0 Å². The first-order chi connectivity index (χ1) is 13.4. The molecule has 0 saturated heterocycles. The molecule has 1 aliphatic heterocycles. The summed E-state index contributed by atoms with van der Waals surface area (Å²) in [5, 5.41) is 3.94. The third kappa shape index (κ3) is 5.03. The van der Waals surface area contributed by atoms with Crippen molar-refractivity contribution in [1.82, 2.24) is 9.78 Å². The maximum atomic E-state index is 14.0. The second-order valence-electron chi connectivity index (χ2n) is 6.26. The van der Waals surface area contributed by atoms with Crippen LogP contribution in [0.2, 0.25) is 0 Å². The first kappa shape index (κ1) is 23.0. The molecule has 0 amide bonds. The Labute approximate surface area is 159 Å². The van der Waals surface area contributed by atoms with E-state index in [1.54, 1.807) is 4.57 Å². The number of hydrogen-bond acceptors (Lipinski definition) is 2. The Morgan fingerprint density at radius 1 is 1.07 bits per heavy atom. The number of rotatable bonds is 3. The molecular weight excluding hydrogens is 420 g/mol. The molecule has 0 radical (unpaired) electrons. The topological polar surface area (TPSA) is 30.9 Å². The van der Waals surface area contributed by atoms with E-state index < -0.39 is 42.0 Å². The number of nitrogens with zero attached hydrogens (tertiary/aromatic N) is 3. The predicted octanol–water partition coefficient (Wildman–Crippen LogP) is 4.27. The van der Waals surface area contributed by atoms with Crippen molar-refractivity contribution in [3.8, 4) is 5.69 Å². The number of halogens is 9. The molecule has 0 bridgehead atoms. The molecule has 2 aromatic rings. The van der Waals surface area contributed by atoms with Crippen molar-refractivity contribution in [2.24, 2.45) is 5.92 Å². The summed E-state index contributed by atoms with van der Waals surface area (Å²) in [5.74, 6) is -9.51. The van der Waals surface area contributed by atoms with Gasteiger partial charge in [-0.2, -0.15) is 8.78 Å². The first-order valence-electron chi connectivity index (χ1n) is 8.33. The lowest BCUT2D eigenvalue weighted by atomic mass is 9.99. The molecule has 14 heteroatoms. The summed E-state index contributed by atoms with van der Waals surface area (Å²) in [6, 6.07) is -0.131. The zero-order chi connectivity index (χ0) is 22.1. The van der Waals surface area contributed by atoms with Crippen LogP contribution in [0.4, 0.5) is 39.2 Å². The Kier molecular flexibility index (Phi) is 6.86. The van der Waals surface area contributed by atoms with Crippen LogP contribution in [-0.4, -0.2) is 23.6 Å². The number of hydrogen-bond donors (Lipinski definition) is 0. The van der Waals surface area contributed by atoms with E-state index in [4.69, 9.17) is 4.74 Å². The van der Waals surface area contributed by atoms with Crippen molar-refractivity contribution < 1.29 is 48.5 Å². The van der Waals surface area contributed by atoms with Gasteiger partial charge in [0.05, 0.1) is 6.61 Å². The van der Waals surface area contributed by atoms with Gasteiger partial charge < -0.3 is 22.0 Å². The Balaban J connectivity index is 0.000000537. The zero-order valence-corrected chi connectivity index (χ0v) is 15.1. The molecule has 0 saturated carbocycles. The number of ether oxygens (including phenoxy) is 1. The quantitative estimate of drug-likeness (QED) is 0.237. The van der Waals surface area contributed by atoms with Crippen LogP contribution >= 0.6 is 0 Å². The van der Waals surface area contributed by atoms with E-state index in [1.165, 1.54) is 6.33 Å². The molecule has 1 aromatic heterocycles. The van der Waals surface area contributed by atoms with Crippen molar-refractivity contribution in [1.29, 1.82) is 0 Å². The Morgan fingerprint density at radius 3 is 2.03 bits per heavy atom. The molecule has 0 N–H and O–H groups in total. The summed E-state index contributed by atoms with van der Waals surface area (Å²) in [7, 11) is -6.00. The van der Waals surface area contributed by atoms with Crippen LogP contribution in [0, 0.1) is 35.0 Å². The Hall–Kier alpha value is -2.25. The van der Waals surface area contributed by atoms with Gasteiger partial charge in [-0.25, -0.2) is 17.7 Å². The molecule has 2 heterocycles. The van der Waals surface area contributed by atoms with Crippen LogP contribution in [0.3, 0.4) is 0 Å². The van der Waals surface area contributed by atoms with Crippen molar-refractivity contribution in [2.45, 2.75) is 32.9 Å². The maximum absolute atomic E-state index is 14.0. The minimum atomic E-state index is -6.00. The average Bonchev–Trinajstić information content (AvgIpc) is 3.06. The van der Waals surface area contributed by atoms with Gasteiger partial charge in [0.2, 0.25) is 41.1 Å². The van der Waals surface area contributed by atoms with E-state index in [0.717, 1.165) is 6.42 Å². The van der Waals surface area contributed by atoms with E-state index in [-0.39, 0.29) is 18.6 Å². The van der Waals surface area contributed by atoms with Gasteiger partial charge in [-0.1, -0.05) is 25.0 Å². The molecule has 0 spiro atoms. The second-order valence-corrected chi connectivity index (χ2v) is 6.26. The van der Waals surface area contributed by atoms with Gasteiger partial charge in [0.1, 0.15) is 12.6 Å². The van der Waals surface area contributed by atoms with Crippen molar-refractivity contribution in [2.75, 3.05) is 6.61 Å². The second kappa shape index (κ2) is 8.63. The standard InChI is InChI=1S/C15H15F5N3O.BF4/c1-3-7(2)8-4-24-5-9-21-23(6-22(8)9)15-13(19)11(17)10(16)12(18)14(15)20;2-1(3,4)5/h6-8H,3-5H2,1-2H3;/q+1;-1/t7?,8-;/m1./s1. The summed E-state index contributed by atoms with van der Waals surface area (Å²) < 4.78 is 115. The molecule has 1 unspecified atom stereocenters. The highest BCUT2D eigenvalue weighted by atomic mass is 19.5. The SMILES string of the molecule is CCC(C)[C@H]1COCc2nn(-c3c(F)c(F)c(F)c(F)c3F)c[n+]21.F[B-](F)(F)F. The number of benzene rings is 1. The zero-order valence-electron chi connectivity index (χ0n) is 15.1. The normalized spacial score (nSPS) is 17.4. The van der Waals surface area contributed by atoms with Crippen LogP contribution in [0.15, 0.2) is 6.33 Å². The van der Waals surface area contributed by atoms with Crippen LogP contribution < -0.4 is 4.57 Å². The highest BCUT2D eigenvalue weighted by molar-refractivity contribution is 6.50. The van der Waals surface area contributed by atoms with Gasteiger partial charge in [0, 0.05) is 5.10 Å². The fourth-order valence-electron chi connectivity index (χ4n) is 2.73. The molecule has 1 aromatic carbocycles. The van der Waals surface area contributed by atoms with Gasteiger partial charge in [-0.3, -0.25) is 0 Å². The van der Waals surface area contributed by atoms with Crippen molar-refractivity contribution in [3.05, 3.63) is 41.2 Å². The van der Waals surface area contributed by atoms with E-state index >= 15 is 0 Å². The van der Waals surface area contributed by atoms with E-state index in [1.807, 2.05) is 13.8 Å². The van der Waals surface area contributed by atoms with Crippen LogP contribution in [0.25, 0.3) is 5.69 Å². The third-order valence-electron chi connectivity index (χ3n) is 4.35. The highest BCUT2D eigenvalue weighted by Crippen LogP contribution is 2.26. The summed E-state index contributed by atoms with van der Waals surface area (Å²) in [5.41, 5.74) is -1.10. The van der Waals surface area contributed by atoms with Gasteiger partial charge in [0.15, 0.2) is 0 Å². The first-order valence-corrected chi connectivity index (χ1v) is 8.33. The lowest BCUT2D eigenvalue weighted by Gasteiger charge is -2.24. The third-order valence-corrected chi connectivity index (χ3v) is 4.35. The van der Waals surface area contributed by atoms with Gasteiger partial charge >= 0.3 is 13.1 Å². The lowest BCUT2D eigenvalue weighted by molar-refractivity contribution is -0.749. The monoisotopic (exact) mass is 435 g/mol. The molecule has 1 aliphatic rings. The van der Waals surface area contributed by atoms with Crippen LogP contribution in [0.1, 0.15) is 32.1 Å². The number of fused-ring (bicyclic) bond motifs is 1. The van der Waals surface area contributed by atoms with Crippen molar-refractivity contribution >= 4 is 7.25 Å². The van der Waals surface area contributed by atoms with Gasteiger partial charge in [-0.15, -0.1) is 0 Å². The summed E-state index contributed by atoms with van der Waals surface area (Å²) in [6.07, 6.45) is 2.07. The highest BCUT2D eigenvalue weighted by Gasteiger charge is 2.36. The molecule has 162 valence electrons. The fraction of sp³-hybridized carbons (Fsp3) is 0.467. The summed E-state index contributed by atoms with van der Waals surface area (Å²) in [4.78, 5) is 0. The maximum Gasteiger partial charge on any atom is 0.673 e. The minimum absolute atomic E-state index is 0.0926. The smallest absolute Gasteiger partial charge is 0.418 e. The predicted molar refractivity (Wildman–Crippen MR) is 81.9 cm³/mol. The van der Waals surface area contributed by atoms with E-state index in [2.05, 4.69) is 5.10 Å². The Bertz CT molecular complexity index is 852. The largest absolute Gasteiger partial charge is 0.673 e. The fourth-order valence-corrected chi connectivity index (χ4v) is 2.73. The van der Waals surface area contributed by atoms with Crippen molar-refractivity contribution in [3.63, 3.8) is 0 Å². The Morgan fingerprint density at radius 2 is 1.55 bits per heavy atom. The minimum Gasteiger partial charge on any atom is -0.418 e. The molecule has 4 nitrogen and oxygen atoms in total. The van der Waals surface area contributed by atoms with Crippen LogP contribution in [-0.2, 0) is 11.3 Å². The van der Waals surface area contributed by atoms with Gasteiger partial charge in [-0.05, 0) is 5.92 Å². The lowest BCUT2D eigenvalue weighted by Crippen LogP contribution is -2.50. The number of aromatic nitrogens is 3. The summed E-state index contributed by atoms with van der Waals surface area (Å²) in [6.45, 7) is 4.44. The molecule has 2 atom stereocenters. The molecule has 29 heavy (non-hydrogen) atoms. The summed E-state index contributed by atoms with van der Waals surface area (Å²) >= 11 is 0. The van der Waals surface area contributed by atoms with E-state index in [9.17, 15) is 39.2 Å². The average molecular weight is 435 g/mol. The molecular formula is C15H15BF9N3O. The molecule has 3 rings (SSSR count). The molecule has 0 fully saturated rings. The van der Waals surface area contributed by atoms with E-state index in [0.29, 0.717) is 17.1 Å².